The van der Waals surface area contributed by atoms with Gasteiger partial charge in [0.15, 0.2) is 17.3 Å². The highest BCUT2D eigenvalue weighted by atomic mass is 19.1. The fourth-order valence-corrected chi connectivity index (χ4v) is 4.46. The first-order chi connectivity index (χ1) is 16.0. The van der Waals surface area contributed by atoms with Gasteiger partial charge in [-0.3, -0.25) is 14.7 Å². The third-order valence-corrected chi connectivity index (χ3v) is 6.14. The standard InChI is InChI=1S/C24H24FN7O/c1-31-11-3-2-4-20(31)16-7-5-15(6-8-16)18-9-10-27-13-19(18)29-24(33)21-22(26)30-32-14-17(25)12-28-23(21)32/h5-10,12-14,20H,2-4,11H2,1H3,(H2,26,30)(H,29,33)/t20-/m1/s1. The van der Waals surface area contributed by atoms with Crippen LogP contribution in [0, 0.1) is 5.82 Å². The quantitative estimate of drug-likeness (QED) is 0.494. The van der Waals surface area contributed by atoms with Crippen LogP contribution in [0.4, 0.5) is 15.9 Å². The second kappa shape index (κ2) is 8.59. The second-order valence-corrected chi connectivity index (χ2v) is 8.29. The number of rotatable bonds is 4. The van der Waals surface area contributed by atoms with Gasteiger partial charge >= 0.3 is 0 Å². The van der Waals surface area contributed by atoms with E-state index in [9.17, 15) is 9.18 Å². The van der Waals surface area contributed by atoms with Crippen LogP contribution in [-0.4, -0.2) is 44.0 Å². The van der Waals surface area contributed by atoms with E-state index in [0.717, 1.165) is 41.0 Å². The molecular weight excluding hydrogens is 421 g/mol. The van der Waals surface area contributed by atoms with E-state index in [0.29, 0.717) is 11.7 Å². The van der Waals surface area contributed by atoms with Crippen LogP contribution in [0.2, 0.25) is 0 Å². The average molecular weight is 446 g/mol. The maximum Gasteiger partial charge on any atom is 0.263 e. The van der Waals surface area contributed by atoms with Crippen LogP contribution in [-0.2, 0) is 0 Å². The zero-order chi connectivity index (χ0) is 22.9. The summed E-state index contributed by atoms with van der Waals surface area (Å²) in [6.45, 7) is 1.11. The molecule has 0 spiro atoms. The number of hydrogen-bond acceptors (Lipinski definition) is 6. The topological polar surface area (TPSA) is 101 Å². The molecule has 1 aliphatic heterocycles. The van der Waals surface area contributed by atoms with Crippen LogP contribution in [0.15, 0.2) is 55.1 Å². The fraction of sp³-hybridized carbons (Fsp3) is 0.250. The van der Waals surface area contributed by atoms with Gasteiger partial charge in [0, 0.05) is 17.8 Å². The van der Waals surface area contributed by atoms with Crippen LogP contribution in [0.3, 0.4) is 0 Å². The SMILES string of the molecule is CN1CCCC[C@@H]1c1ccc(-c2ccncc2NC(=O)c2c(N)nn3cc(F)cnc23)cc1. The zero-order valence-corrected chi connectivity index (χ0v) is 18.2. The van der Waals surface area contributed by atoms with Gasteiger partial charge in [-0.2, -0.15) is 0 Å². The number of carbonyl (C=O) groups is 1. The number of halogens is 1. The highest BCUT2D eigenvalue weighted by molar-refractivity contribution is 6.12. The molecule has 3 N–H and O–H groups in total. The molecule has 4 heterocycles. The van der Waals surface area contributed by atoms with Crippen LogP contribution in [0.5, 0.6) is 0 Å². The summed E-state index contributed by atoms with van der Waals surface area (Å²) < 4.78 is 14.6. The number of nitrogen functional groups attached to an aromatic ring is 1. The maximum absolute atomic E-state index is 13.5. The number of hydrogen-bond donors (Lipinski definition) is 2. The molecule has 0 bridgehead atoms. The third kappa shape index (κ3) is 4.03. The molecule has 0 unspecified atom stereocenters. The molecule has 168 valence electrons. The summed E-state index contributed by atoms with van der Waals surface area (Å²) in [6, 6.07) is 10.7. The largest absolute Gasteiger partial charge is 0.381 e. The van der Waals surface area contributed by atoms with E-state index in [-0.39, 0.29) is 17.0 Å². The van der Waals surface area contributed by atoms with Crippen LogP contribution < -0.4 is 11.1 Å². The number of benzene rings is 1. The normalized spacial score (nSPS) is 16.7. The van der Waals surface area contributed by atoms with Gasteiger partial charge in [0.2, 0.25) is 0 Å². The molecule has 0 saturated carbocycles. The zero-order valence-electron chi connectivity index (χ0n) is 18.2. The number of piperidine rings is 1. The summed E-state index contributed by atoms with van der Waals surface area (Å²) in [4.78, 5) is 23.6. The van der Waals surface area contributed by atoms with Crippen LogP contribution in [0.1, 0.15) is 41.2 Å². The predicted molar refractivity (Wildman–Crippen MR) is 124 cm³/mol. The Morgan fingerprint density at radius 1 is 1.18 bits per heavy atom. The highest BCUT2D eigenvalue weighted by Gasteiger charge is 2.22. The lowest BCUT2D eigenvalue weighted by Crippen LogP contribution is -2.29. The number of nitrogens with two attached hydrogens (primary N) is 1. The van der Waals surface area contributed by atoms with E-state index in [1.54, 1.807) is 12.4 Å². The van der Waals surface area contributed by atoms with E-state index >= 15 is 0 Å². The molecule has 1 saturated heterocycles. The van der Waals surface area contributed by atoms with Crippen molar-refractivity contribution >= 4 is 23.1 Å². The molecule has 4 aromatic rings. The maximum atomic E-state index is 13.5. The summed E-state index contributed by atoms with van der Waals surface area (Å²) >= 11 is 0. The van der Waals surface area contributed by atoms with Crippen LogP contribution >= 0.6 is 0 Å². The number of nitrogens with zero attached hydrogens (tertiary/aromatic N) is 5. The minimum Gasteiger partial charge on any atom is -0.381 e. The lowest BCUT2D eigenvalue weighted by molar-refractivity contribution is 0.102. The van der Waals surface area contributed by atoms with Crippen molar-refractivity contribution in [2.45, 2.75) is 25.3 Å². The van der Waals surface area contributed by atoms with Crippen molar-refractivity contribution < 1.29 is 9.18 Å². The van der Waals surface area contributed by atoms with Gasteiger partial charge in [0.05, 0.1) is 24.3 Å². The van der Waals surface area contributed by atoms with Gasteiger partial charge < -0.3 is 11.1 Å². The first kappa shape index (κ1) is 21.0. The molecule has 8 nitrogen and oxygen atoms in total. The molecule has 1 aromatic carbocycles. The number of carbonyl (C=O) groups excluding carboxylic acids is 1. The summed E-state index contributed by atoms with van der Waals surface area (Å²) in [5.74, 6) is -1.09. The molecule has 9 heteroatoms. The number of aromatic nitrogens is 4. The lowest BCUT2D eigenvalue weighted by atomic mass is 9.94. The van der Waals surface area contributed by atoms with Crippen molar-refractivity contribution in [3.8, 4) is 11.1 Å². The second-order valence-electron chi connectivity index (χ2n) is 8.29. The van der Waals surface area contributed by atoms with Crippen molar-refractivity contribution in [2.24, 2.45) is 0 Å². The van der Waals surface area contributed by atoms with Crippen molar-refractivity contribution in [2.75, 3.05) is 24.6 Å². The molecule has 5 rings (SSSR count). The summed E-state index contributed by atoms with van der Waals surface area (Å²) in [7, 11) is 2.17. The van der Waals surface area contributed by atoms with E-state index in [2.05, 4.69) is 56.6 Å². The van der Waals surface area contributed by atoms with Crippen molar-refractivity contribution in [1.82, 2.24) is 24.5 Å². The molecule has 1 fully saturated rings. The fourth-order valence-electron chi connectivity index (χ4n) is 4.46. The number of fused-ring (bicyclic) bond motifs is 1. The molecule has 0 radical (unpaired) electrons. The Labute approximate surface area is 190 Å². The Balaban J connectivity index is 1.43. The molecular formula is C24H24FN7O. The van der Waals surface area contributed by atoms with Gasteiger partial charge in [-0.05, 0) is 43.6 Å². The molecule has 1 atom stereocenters. The minimum absolute atomic E-state index is 0.0306. The Kier molecular flexibility index (Phi) is 5.47. The number of anilines is 2. The van der Waals surface area contributed by atoms with Gasteiger partial charge in [0.25, 0.3) is 5.91 Å². The van der Waals surface area contributed by atoms with Crippen LogP contribution in [0.25, 0.3) is 16.8 Å². The van der Waals surface area contributed by atoms with Crippen molar-refractivity contribution in [3.05, 3.63) is 72.1 Å². The van der Waals surface area contributed by atoms with E-state index in [1.807, 2.05) is 6.07 Å². The monoisotopic (exact) mass is 445 g/mol. The van der Waals surface area contributed by atoms with E-state index < -0.39 is 11.7 Å². The smallest absolute Gasteiger partial charge is 0.263 e. The number of likely N-dealkylation sites (tertiary alicyclic amines) is 1. The predicted octanol–water partition coefficient (Wildman–Crippen LogP) is 3.92. The van der Waals surface area contributed by atoms with Crippen molar-refractivity contribution in [1.29, 1.82) is 0 Å². The lowest BCUT2D eigenvalue weighted by Gasteiger charge is -2.32. The van der Waals surface area contributed by atoms with E-state index in [1.165, 1.54) is 18.4 Å². The minimum atomic E-state index is -0.575. The van der Waals surface area contributed by atoms with Gasteiger partial charge in [0.1, 0.15) is 5.56 Å². The third-order valence-electron chi connectivity index (χ3n) is 6.14. The molecule has 1 aliphatic rings. The molecule has 1 amide bonds. The summed E-state index contributed by atoms with van der Waals surface area (Å²) in [5, 5.41) is 6.86. The number of amides is 1. The van der Waals surface area contributed by atoms with E-state index in [4.69, 9.17) is 5.73 Å². The highest BCUT2D eigenvalue weighted by Crippen LogP contribution is 2.33. The first-order valence-corrected chi connectivity index (χ1v) is 10.9. The summed E-state index contributed by atoms with van der Waals surface area (Å²) in [6.07, 6.45) is 9.06. The molecule has 3 aromatic heterocycles. The average Bonchev–Trinajstić information content (AvgIpc) is 3.15. The Bertz CT molecular complexity index is 1320. The van der Waals surface area contributed by atoms with Crippen molar-refractivity contribution in [3.63, 3.8) is 0 Å². The Hall–Kier alpha value is -3.85. The summed E-state index contributed by atoms with van der Waals surface area (Å²) in [5.41, 5.74) is 9.81. The van der Waals surface area contributed by atoms with Gasteiger partial charge in [-0.15, -0.1) is 5.10 Å². The number of pyridine rings is 1. The Morgan fingerprint density at radius 2 is 2.00 bits per heavy atom. The Morgan fingerprint density at radius 3 is 2.79 bits per heavy atom. The van der Waals surface area contributed by atoms with Gasteiger partial charge in [-0.1, -0.05) is 30.7 Å². The van der Waals surface area contributed by atoms with Gasteiger partial charge in [-0.25, -0.2) is 13.9 Å². The molecule has 0 aliphatic carbocycles. The molecule has 33 heavy (non-hydrogen) atoms. The first-order valence-electron chi connectivity index (χ1n) is 10.9. The number of nitrogens with one attached hydrogen (secondary N) is 1.